The van der Waals surface area contributed by atoms with Gasteiger partial charge in [0.15, 0.2) is 0 Å². The first-order valence-electron chi connectivity index (χ1n) is 4.63. The van der Waals surface area contributed by atoms with Gasteiger partial charge in [0, 0.05) is 0 Å². The van der Waals surface area contributed by atoms with E-state index in [-0.39, 0.29) is 0 Å². The highest BCUT2D eigenvalue weighted by molar-refractivity contribution is 5.28. The third kappa shape index (κ3) is 4.22. The molecule has 0 saturated carbocycles. The van der Waals surface area contributed by atoms with Crippen LogP contribution in [0.4, 0.5) is 0 Å². The average molecular weight is 168 g/mol. The molecule has 0 bridgehead atoms. The zero-order valence-corrected chi connectivity index (χ0v) is 8.65. The quantitative estimate of drug-likeness (QED) is 0.382. The maximum atomic E-state index is 9.19. The van der Waals surface area contributed by atoms with Crippen molar-refractivity contribution < 1.29 is 5.11 Å². The molecule has 0 aromatic carbocycles. The summed E-state index contributed by atoms with van der Waals surface area (Å²) in [5.41, 5.74) is 2.20. The van der Waals surface area contributed by atoms with E-state index in [0.29, 0.717) is 5.76 Å². The van der Waals surface area contributed by atoms with Crippen molar-refractivity contribution in [2.24, 2.45) is 0 Å². The summed E-state index contributed by atoms with van der Waals surface area (Å²) in [6.07, 6.45) is 5.77. The van der Waals surface area contributed by atoms with Gasteiger partial charge in [0.2, 0.25) is 0 Å². The normalized spacial score (nSPS) is 14.5. The largest absolute Gasteiger partial charge is 0.512 e. The zero-order chi connectivity index (χ0) is 9.56. The van der Waals surface area contributed by atoms with E-state index < -0.39 is 0 Å². The van der Waals surface area contributed by atoms with Crippen molar-refractivity contribution in [3.63, 3.8) is 0 Å². The second-order valence-electron chi connectivity index (χ2n) is 3.24. The molecule has 1 heteroatoms. The van der Waals surface area contributed by atoms with E-state index >= 15 is 0 Å². The van der Waals surface area contributed by atoms with Gasteiger partial charge in [0.05, 0.1) is 5.76 Å². The predicted octanol–water partition coefficient (Wildman–Crippen LogP) is 3.97. The SMILES string of the molecule is CCCCC=C(C)C(C)=C(C)O. The summed E-state index contributed by atoms with van der Waals surface area (Å²) in [5, 5.41) is 9.19. The van der Waals surface area contributed by atoms with Crippen LogP contribution >= 0.6 is 0 Å². The fourth-order valence-corrected chi connectivity index (χ4v) is 0.961. The number of rotatable bonds is 4. The van der Waals surface area contributed by atoms with Gasteiger partial charge in [0.1, 0.15) is 0 Å². The van der Waals surface area contributed by atoms with E-state index in [1.165, 1.54) is 18.4 Å². The van der Waals surface area contributed by atoms with Crippen molar-refractivity contribution in [1.82, 2.24) is 0 Å². The molecule has 0 aromatic heterocycles. The van der Waals surface area contributed by atoms with E-state index in [0.717, 1.165) is 12.0 Å². The molecule has 0 radical (unpaired) electrons. The smallest absolute Gasteiger partial charge is 0.0923 e. The van der Waals surface area contributed by atoms with Crippen LogP contribution in [0.5, 0.6) is 0 Å². The maximum absolute atomic E-state index is 9.19. The maximum Gasteiger partial charge on any atom is 0.0923 e. The summed E-state index contributed by atoms with van der Waals surface area (Å²) < 4.78 is 0. The molecule has 12 heavy (non-hydrogen) atoms. The molecule has 1 N–H and O–H groups in total. The van der Waals surface area contributed by atoms with E-state index in [4.69, 9.17) is 0 Å². The van der Waals surface area contributed by atoms with Gasteiger partial charge >= 0.3 is 0 Å². The Morgan fingerprint density at radius 2 is 1.83 bits per heavy atom. The number of hydrogen-bond acceptors (Lipinski definition) is 1. The van der Waals surface area contributed by atoms with Gasteiger partial charge in [-0.2, -0.15) is 0 Å². The number of unbranched alkanes of at least 4 members (excludes halogenated alkanes) is 2. The molecule has 0 fully saturated rings. The lowest BCUT2D eigenvalue weighted by atomic mass is 10.1. The van der Waals surface area contributed by atoms with Gasteiger partial charge in [-0.25, -0.2) is 0 Å². The van der Waals surface area contributed by atoms with Crippen LogP contribution in [0.25, 0.3) is 0 Å². The van der Waals surface area contributed by atoms with Crippen molar-refractivity contribution in [3.8, 4) is 0 Å². The summed E-state index contributed by atoms with van der Waals surface area (Å²) in [6.45, 7) is 7.91. The van der Waals surface area contributed by atoms with E-state index in [1.54, 1.807) is 6.92 Å². The highest BCUT2D eigenvalue weighted by Gasteiger charge is 1.95. The summed E-state index contributed by atoms with van der Waals surface area (Å²) in [6, 6.07) is 0. The van der Waals surface area contributed by atoms with Crippen molar-refractivity contribution in [2.75, 3.05) is 0 Å². The van der Waals surface area contributed by atoms with Crippen LogP contribution in [0.1, 0.15) is 47.0 Å². The molecule has 0 rings (SSSR count). The average Bonchev–Trinajstić information content (AvgIpc) is 2.03. The molecule has 0 unspecified atom stereocenters. The lowest BCUT2D eigenvalue weighted by molar-refractivity contribution is 0.408. The number of allylic oxidation sites excluding steroid dienone is 4. The Bertz CT molecular complexity index is 183. The van der Waals surface area contributed by atoms with Crippen molar-refractivity contribution in [3.05, 3.63) is 23.0 Å². The predicted molar refractivity (Wildman–Crippen MR) is 54.3 cm³/mol. The van der Waals surface area contributed by atoms with Crippen LogP contribution in [0.15, 0.2) is 23.0 Å². The first-order valence-corrected chi connectivity index (χ1v) is 4.63. The van der Waals surface area contributed by atoms with Gasteiger partial charge in [0.25, 0.3) is 0 Å². The Balaban J connectivity index is 4.10. The zero-order valence-electron chi connectivity index (χ0n) is 8.65. The van der Waals surface area contributed by atoms with Crippen LogP contribution in [0, 0.1) is 0 Å². The minimum absolute atomic E-state index is 0.431. The third-order valence-electron chi connectivity index (χ3n) is 2.14. The molecule has 70 valence electrons. The number of aliphatic hydroxyl groups excluding tert-OH is 1. The molecule has 1 nitrogen and oxygen atoms in total. The Morgan fingerprint density at radius 3 is 2.25 bits per heavy atom. The molecule has 0 aliphatic rings. The van der Waals surface area contributed by atoms with Crippen LogP contribution in [-0.2, 0) is 0 Å². The van der Waals surface area contributed by atoms with Crippen LogP contribution in [-0.4, -0.2) is 5.11 Å². The monoisotopic (exact) mass is 168 g/mol. The van der Waals surface area contributed by atoms with E-state index in [9.17, 15) is 5.11 Å². The lowest BCUT2D eigenvalue weighted by Crippen LogP contribution is -1.85. The van der Waals surface area contributed by atoms with Crippen molar-refractivity contribution in [1.29, 1.82) is 0 Å². The van der Waals surface area contributed by atoms with Crippen LogP contribution in [0.2, 0.25) is 0 Å². The molecule has 0 spiro atoms. The Morgan fingerprint density at radius 1 is 1.25 bits per heavy atom. The lowest BCUT2D eigenvalue weighted by Gasteiger charge is -2.02. The molecule has 0 aliphatic carbocycles. The molecule has 0 amide bonds. The van der Waals surface area contributed by atoms with Gasteiger partial charge in [-0.3, -0.25) is 0 Å². The van der Waals surface area contributed by atoms with Gasteiger partial charge in [-0.05, 0) is 38.3 Å². The molecular formula is C11H20O. The standard InChI is InChI=1S/C11H20O/c1-5-6-7-8-9(2)10(3)11(4)12/h8,12H,5-7H2,1-4H3. The Kier molecular flexibility index (Phi) is 5.52. The second-order valence-corrected chi connectivity index (χ2v) is 3.24. The molecular weight excluding hydrogens is 148 g/mol. The van der Waals surface area contributed by atoms with Gasteiger partial charge in [-0.1, -0.05) is 25.8 Å². The summed E-state index contributed by atoms with van der Waals surface area (Å²) in [4.78, 5) is 0. The fraction of sp³-hybridized carbons (Fsp3) is 0.636. The van der Waals surface area contributed by atoms with E-state index in [2.05, 4.69) is 13.0 Å². The molecule has 0 aliphatic heterocycles. The molecule has 0 atom stereocenters. The first kappa shape index (κ1) is 11.3. The first-order chi connectivity index (χ1) is 5.59. The van der Waals surface area contributed by atoms with Gasteiger partial charge in [-0.15, -0.1) is 0 Å². The highest BCUT2D eigenvalue weighted by atomic mass is 16.3. The highest BCUT2D eigenvalue weighted by Crippen LogP contribution is 2.13. The second kappa shape index (κ2) is 5.87. The minimum Gasteiger partial charge on any atom is -0.512 e. The van der Waals surface area contributed by atoms with Crippen molar-refractivity contribution >= 4 is 0 Å². The number of hydrogen-bond donors (Lipinski definition) is 1. The Labute approximate surface area is 75.8 Å². The third-order valence-corrected chi connectivity index (χ3v) is 2.14. The Hall–Kier alpha value is -0.720. The van der Waals surface area contributed by atoms with E-state index in [1.807, 2.05) is 13.8 Å². The summed E-state index contributed by atoms with van der Waals surface area (Å²) in [7, 11) is 0. The number of aliphatic hydroxyl groups is 1. The topological polar surface area (TPSA) is 20.2 Å². The minimum atomic E-state index is 0.431. The fourth-order valence-electron chi connectivity index (χ4n) is 0.961. The summed E-state index contributed by atoms with van der Waals surface area (Å²) >= 11 is 0. The summed E-state index contributed by atoms with van der Waals surface area (Å²) in [5.74, 6) is 0.431. The molecule has 0 heterocycles. The van der Waals surface area contributed by atoms with Crippen molar-refractivity contribution in [2.45, 2.75) is 47.0 Å². The van der Waals surface area contributed by atoms with Crippen LogP contribution in [0.3, 0.4) is 0 Å². The molecule has 0 saturated heterocycles. The molecule has 0 aromatic rings. The van der Waals surface area contributed by atoms with Crippen LogP contribution < -0.4 is 0 Å². The van der Waals surface area contributed by atoms with Gasteiger partial charge < -0.3 is 5.11 Å².